The maximum atomic E-state index is 6.06. The number of nitrogens with zero attached hydrogens (tertiary/aromatic N) is 1. The molecule has 0 radical (unpaired) electrons. The molecule has 0 spiro atoms. The lowest BCUT2D eigenvalue weighted by Gasteiger charge is -2.36. The van der Waals surface area contributed by atoms with Crippen molar-refractivity contribution in [1.82, 2.24) is 10.3 Å². The van der Waals surface area contributed by atoms with Crippen LogP contribution in [0.4, 0.5) is 0 Å². The molecule has 2 aromatic rings. The molecule has 1 aliphatic rings. The molecule has 23 heavy (non-hydrogen) atoms. The molecule has 0 aliphatic carbocycles. The van der Waals surface area contributed by atoms with Gasteiger partial charge in [0.05, 0.1) is 5.02 Å². The van der Waals surface area contributed by atoms with Gasteiger partial charge in [0.25, 0.3) is 0 Å². The average Bonchev–Trinajstić information content (AvgIpc) is 2.58. The first-order chi connectivity index (χ1) is 11.1. The molecule has 3 atom stereocenters. The lowest BCUT2D eigenvalue weighted by Crippen LogP contribution is -2.41. The Morgan fingerprint density at radius 3 is 2.57 bits per heavy atom. The van der Waals surface area contributed by atoms with Gasteiger partial charge in [0, 0.05) is 35.7 Å². The van der Waals surface area contributed by atoms with Gasteiger partial charge in [-0.1, -0.05) is 35.3 Å². The summed E-state index contributed by atoms with van der Waals surface area (Å²) in [5, 5.41) is 4.87. The second-order valence-electron chi connectivity index (χ2n) is 5.95. The van der Waals surface area contributed by atoms with Gasteiger partial charge in [-0.3, -0.25) is 0 Å². The van der Waals surface area contributed by atoms with E-state index in [1.165, 1.54) is 5.56 Å². The van der Waals surface area contributed by atoms with Crippen molar-refractivity contribution >= 4 is 23.2 Å². The van der Waals surface area contributed by atoms with Gasteiger partial charge >= 0.3 is 0 Å². The monoisotopic (exact) mass is 350 g/mol. The summed E-state index contributed by atoms with van der Waals surface area (Å²) >= 11 is 11.9. The molecule has 1 aromatic heterocycles. The fraction of sp³-hybridized carbons (Fsp3) is 0.389. The highest BCUT2D eigenvalue weighted by atomic mass is 35.5. The standard InChI is InChI=1S/C18H20Cl2N2O/c1-12(23-18-7-6-15(20)10-22-18)16-8-9-21-11-17(16)13-2-4-14(19)5-3-13/h2-7,10,12,16-17,21H,8-9,11H2,1H3/t12-,16?,17+/m0/s1. The summed E-state index contributed by atoms with van der Waals surface area (Å²) in [5.74, 6) is 1.45. The smallest absolute Gasteiger partial charge is 0.213 e. The minimum Gasteiger partial charge on any atom is -0.474 e. The summed E-state index contributed by atoms with van der Waals surface area (Å²) in [4.78, 5) is 4.24. The number of ether oxygens (including phenoxy) is 1. The highest BCUT2D eigenvalue weighted by Gasteiger charge is 2.32. The fourth-order valence-corrected chi connectivity index (χ4v) is 3.46. The van der Waals surface area contributed by atoms with Crippen LogP contribution in [0.3, 0.4) is 0 Å². The zero-order chi connectivity index (χ0) is 16.2. The summed E-state index contributed by atoms with van der Waals surface area (Å²) in [6, 6.07) is 11.7. The quantitative estimate of drug-likeness (QED) is 0.878. The third-order valence-corrected chi connectivity index (χ3v) is 4.92. The second kappa shape index (κ2) is 7.52. The molecule has 0 bridgehead atoms. The van der Waals surface area contributed by atoms with E-state index in [1.54, 1.807) is 12.3 Å². The highest BCUT2D eigenvalue weighted by Crippen LogP contribution is 2.33. The predicted molar refractivity (Wildman–Crippen MR) is 94.5 cm³/mol. The topological polar surface area (TPSA) is 34.1 Å². The van der Waals surface area contributed by atoms with Crippen LogP contribution < -0.4 is 10.1 Å². The van der Waals surface area contributed by atoms with Crippen LogP contribution in [-0.4, -0.2) is 24.2 Å². The number of benzene rings is 1. The van der Waals surface area contributed by atoms with Crippen LogP contribution in [0.2, 0.25) is 10.0 Å². The first-order valence-corrected chi connectivity index (χ1v) is 8.63. The summed E-state index contributed by atoms with van der Waals surface area (Å²) < 4.78 is 6.06. The van der Waals surface area contributed by atoms with Gasteiger partial charge in [-0.2, -0.15) is 0 Å². The third-order valence-electron chi connectivity index (χ3n) is 4.44. The van der Waals surface area contributed by atoms with Gasteiger partial charge in [-0.15, -0.1) is 0 Å². The maximum absolute atomic E-state index is 6.06. The summed E-state index contributed by atoms with van der Waals surface area (Å²) in [6.07, 6.45) is 2.76. The van der Waals surface area contributed by atoms with E-state index < -0.39 is 0 Å². The number of nitrogens with one attached hydrogen (secondary N) is 1. The van der Waals surface area contributed by atoms with Crippen molar-refractivity contribution < 1.29 is 4.74 Å². The molecule has 2 heterocycles. The van der Waals surface area contributed by atoms with Crippen LogP contribution in [0.1, 0.15) is 24.8 Å². The minimum absolute atomic E-state index is 0.0754. The summed E-state index contributed by atoms with van der Waals surface area (Å²) in [5.41, 5.74) is 1.30. The van der Waals surface area contributed by atoms with Gasteiger partial charge in [0.15, 0.2) is 0 Å². The molecule has 5 heteroatoms. The van der Waals surface area contributed by atoms with Crippen molar-refractivity contribution in [1.29, 1.82) is 0 Å². The zero-order valence-electron chi connectivity index (χ0n) is 13.0. The van der Waals surface area contributed by atoms with Crippen molar-refractivity contribution in [2.75, 3.05) is 13.1 Å². The van der Waals surface area contributed by atoms with Crippen LogP contribution in [0.5, 0.6) is 5.88 Å². The van der Waals surface area contributed by atoms with Crippen molar-refractivity contribution in [3.8, 4) is 5.88 Å². The zero-order valence-corrected chi connectivity index (χ0v) is 14.5. The van der Waals surface area contributed by atoms with E-state index in [-0.39, 0.29) is 6.10 Å². The fourth-order valence-electron chi connectivity index (χ4n) is 3.23. The van der Waals surface area contributed by atoms with Crippen LogP contribution in [-0.2, 0) is 0 Å². The molecule has 0 amide bonds. The Hall–Kier alpha value is -1.29. The molecule has 0 saturated carbocycles. The number of aromatic nitrogens is 1. The van der Waals surface area contributed by atoms with Crippen LogP contribution in [0.15, 0.2) is 42.6 Å². The Morgan fingerprint density at radius 1 is 1.13 bits per heavy atom. The van der Waals surface area contributed by atoms with Crippen LogP contribution in [0.25, 0.3) is 0 Å². The lowest BCUT2D eigenvalue weighted by atomic mass is 9.78. The number of hydrogen-bond donors (Lipinski definition) is 1. The van der Waals surface area contributed by atoms with E-state index >= 15 is 0 Å². The van der Waals surface area contributed by atoms with E-state index in [2.05, 4.69) is 29.4 Å². The van der Waals surface area contributed by atoms with Crippen molar-refractivity contribution in [3.05, 3.63) is 58.2 Å². The summed E-state index contributed by atoms with van der Waals surface area (Å²) in [7, 11) is 0. The van der Waals surface area contributed by atoms with Gasteiger partial charge in [0.1, 0.15) is 6.10 Å². The Labute approximate surface area is 147 Å². The molecule has 1 aromatic carbocycles. The summed E-state index contributed by atoms with van der Waals surface area (Å²) in [6.45, 7) is 4.08. The number of piperidine rings is 1. The van der Waals surface area contributed by atoms with E-state index in [1.807, 2.05) is 18.2 Å². The van der Waals surface area contributed by atoms with Gasteiger partial charge in [0.2, 0.25) is 5.88 Å². The molecule has 122 valence electrons. The van der Waals surface area contributed by atoms with Crippen LogP contribution in [0, 0.1) is 5.92 Å². The Bertz CT molecular complexity index is 630. The van der Waals surface area contributed by atoms with Crippen molar-refractivity contribution in [3.63, 3.8) is 0 Å². The molecular formula is C18H20Cl2N2O. The number of pyridine rings is 1. The van der Waals surface area contributed by atoms with E-state index in [0.29, 0.717) is 22.7 Å². The number of rotatable bonds is 4. The predicted octanol–water partition coefficient (Wildman–Crippen LogP) is 4.55. The third kappa shape index (κ3) is 4.17. The molecule has 3 rings (SSSR count). The highest BCUT2D eigenvalue weighted by molar-refractivity contribution is 6.30. The molecule has 1 aliphatic heterocycles. The number of hydrogen-bond acceptors (Lipinski definition) is 3. The lowest BCUT2D eigenvalue weighted by molar-refractivity contribution is 0.108. The second-order valence-corrected chi connectivity index (χ2v) is 6.83. The van der Waals surface area contributed by atoms with E-state index in [0.717, 1.165) is 24.5 Å². The molecular weight excluding hydrogens is 331 g/mol. The van der Waals surface area contributed by atoms with E-state index in [4.69, 9.17) is 27.9 Å². The van der Waals surface area contributed by atoms with Gasteiger partial charge in [-0.05, 0) is 43.7 Å². The largest absolute Gasteiger partial charge is 0.474 e. The Morgan fingerprint density at radius 2 is 1.87 bits per heavy atom. The minimum atomic E-state index is 0.0754. The normalized spacial score (nSPS) is 22.6. The van der Waals surface area contributed by atoms with Gasteiger partial charge in [-0.25, -0.2) is 4.98 Å². The maximum Gasteiger partial charge on any atom is 0.213 e. The Balaban J connectivity index is 1.74. The number of halogens is 2. The molecule has 1 N–H and O–H groups in total. The molecule has 1 fully saturated rings. The van der Waals surface area contributed by atoms with Crippen LogP contribution >= 0.6 is 23.2 Å². The van der Waals surface area contributed by atoms with Crippen molar-refractivity contribution in [2.24, 2.45) is 5.92 Å². The molecule has 1 saturated heterocycles. The SMILES string of the molecule is C[C@H](Oc1ccc(Cl)cn1)C1CCNC[C@@H]1c1ccc(Cl)cc1. The first kappa shape index (κ1) is 16.6. The average molecular weight is 351 g/mol. The first-order valence-electron chi connectivity index (χ1n) is 7.88. The molecule has 1 unspecified atom stereocenters. The van der Waals surface area contributed by atoms with Crippen molar-refractivity contribution in [2.45, 2.75) is 25.4 Å². The van der Waals surface area contributed by atoms with Gasteiger partial charge < -0.3 is 10.1 Å². The Kier molecular flexibility index (Phi) is 5.42. The molecule has 3 nitrogen and oxygen atoms in total. The van der Waals surface area contributed by atoms with E-state index in [9.17, 15) is 0 Å².